The van der Waals surface area contributed by atoms with Gasteiger partial charge in [0.1, 0.15) is 17.1 Å². The largest absolute Gasteiger partial charge is 0.494 e. The van der Waals surface area contributed by atoms with Crippen molar-refractivity contribution in [1.82, 2.24) is 14.9 Å². The summed E-state index contributed by atoms with van der Waals surface area (Å²) in [7, 11) is 3.34. The topological polar surface area (TPSA) is 56.1 Å². The van der Waals surface area contributed by atoms with Gasteiger partial charge in [0, 0.05) is 30.5 Å². The second-order valence-electron chi connectivity index (χ2n) is 8.26. The van der Waals surface area contributed by atoms with Gasteiger partial charge in [-0.15, -0.1) is 11.8 Å². The minimum atomic E-state index is -4.38. The average molecular weight is 514 g/mol. The molecule has 36 heavy (non-hydrogen) atoms. The molecular weight excluding hydrogens is 487 g/mol. The molecule has 0 radical (unpaired) electrons. The summed E-state index contributed by atoms with van der Waals surface area (Å²) in [4.78, 5) is 18.7. The second-order valence-corrected chi connectivity index (χ2v) is 9.60. The number of carbonyl (C=O) groups excluding carboxylic acids is 1. The van der Waals surface area contributed by atoms with E-state index in [1.807, 2.05) is 35.9 Å². The highest BCUT2D eigenvalue weighted by molar-refractivity contribution is 7.99. The van der Waals surface area contributed by atoms with Gasteiger partial charge in [-0.2, -0.15) is 13.2 Å². The number of imidazole rings is 1. The number of nitrogens with zero attached hydrogens (tertiary/aromatic N) is 2. The molecule has 1 amide bonds. The van der Waals surface area contributed by atoms with E-state index in [1.54, 1.807) is 23.9 Å². The number of nitrogens with one attached hydrogen (secondary N) is 1. The van der Waals surface area contributed by atoms with Crippen molar-refractivity contribution in [3.8, 4) is 5.75 Å². The molecule has 0 bridgehead atoms. The fourth-order valence-electron chi connectivity index (χ4n) is 3.95. The Labute approximate surface area is 211 Å². The van der Waals surface area contributed by atoms with Gasteiger partial charge in [-0.1, -0.05) is 31.2 Å². The Morgan fingerprint density at radius 2 is 1.72 bits per heavy atom. The predicted octanol–water partition coefficient (Wildman–Crippen LogP) is 6.23. The average Bonchev–Trinajstić information content (AvgIpc) is 3.17. The lowest BCUT2D eigenvalue weighted by atomic mass is 10.1. The number of aromatic nitrogens is 2. The lowest BCUT2D eigenvalue weighted by molar-refractivity contribution is -0.137. The van der Waals surface area contributed by atoms with Gasteiger partial charge in [0.05, 0.1) is 18.2 Å². The first-order chi connectivity index (χ1) is 17.2. The number of halogens is 3. The Bertz CT molecular complexity index is 1360. The number of carbonyl (C=O) groups is 1. The van der Waals surface area contributed by atoms with Crippen LogP contribution in [0.3, 0.4) is 0 Å². The van der Waals surface area contributed by atoms with Crippen LogP contribution in [-0.2, 0) is 26.2 Å². The van der Waals surface area contributed by atoms with E-state index in [1.165, 1.54) is 24.1 Å². The van der Waals surface area contributed by atoms with Gasteiger partial charge in [0.15, 0.2) is 0 Å². The second kappa shape index (κ2) is 10.7. The number of thioether (sulfide) groups is 1. The molecule has 0 saturated heterocycles. The van der Waals surface area contributed by atoms with Crippen LogP contribution >= 0.6 is 11.8 Å². The molecular formula is C27H26F3N3O2S. The molecule has 0 atom stereocenters. The maximum absolute atomic E-state index is 12.9. The first kappa shape index (κ1) is 25.6. The first-order valence-corrected chi connectivity index (χ1v) is 12.4. The van der Waals surface area contributed by atoms with Crippen molar-refractivity contribution in [2.24, 2.45) is 7.05 Å². The summed E-state index contributed by atoms with van der Waals surface area (Å²) in [5, 5.41) is 2.93. The Balaban J connectivity index is 1.54. The molecule has 0 aliphatic carbocycles. The highest BCUT2D eigenvalue weighted by atomic mass is 32.2. The van der Waals surface area contributed by atoms with Gasteiger partial charge >= 0.3 is 6.18 Å². The van der Waals surface area contributed by atoms with Crippen molar-refractivity contribution < 1.29 is 22.7 Å². The summed E-state index contributed by atoms with van der Waals surface area (Å²) in [5.74, 6) is 1.88. The maximum Gasteiger partial charge on any atom is 0.416 e. The number of methoxy groups -OCH3 is 1. The summed E-state index contributed by atoms with van der Waals surface area (Å²) in [6.07, 6.45) is -4.04. The zero-order valence-corrected chi connectivity index (χ0v) is 21.0. The molecule has 0 saturated carbocycles. The van der Waals surface area contributed by atoms with Crippen molar-refractivity contribution in [3.05, 3.63) is 88.7 Å². The quantitative estimate of drug-likeness (QED) is 0.284. The van der Waals surface area contributed by atoms with Gasteiger partial charge in [0.25, 0.3) is 5.91 Å². The van der Waals surface area contributed by atoms with Gasteiger partial charge in [0.2, 0.25) is 0 Å². The number of hydrogen-bond donors (Lipinski definition) is 1. The van der Waals surface area contributed by atoms with Crippen LogP contribution in [0.2, 0.25) is 0 Å². The van der Waals surface area contributed by atoms with Crippen LogP contribution in [0.15, 0.2) is 65.6 Å². The van der Waals surface area contributed by atoms with Crippen LogP contribution in [0.25, 0.3) is 11.0 Å². The Hall–Kier alpha value is -3.46. The summed E-state index contributed by atoms with van der Waals surface area (Å²) in [5.41, 5.74) is 2.70. The van der Waals surface area contributed by atoms with Crippen molar-refractivity contribution in [3.63, 3.8) is 0 Å². The summed E-state index contributed by atoms with van der Waals surface area (Å²) >= 11 is 1.76. The third kappa shape index (κ3) is 5.67. The van der Waals surface area contributed by atoms with E-state index in [-0.39, 0.29) is 5.91 Å². The zero-order chi connectivity index (χ0) is 25.9. The van der Waals surface area contributed by atoms with E-state index in [2.05, 4.69) is 17.2 Å². The Kier molecular flexibility index (Phi) is 7.59. The molecule has 0 aliphatic heterocycles. The van der Waals surface area contributed by atoms with E-state index in [4.69, 9.17) is 4.74 Å². The normalized spacial score (nSPS) is 11.6. The van der Waals surface area contributed by atoms with Crippen LogP contribution in [-0.4, -0.2) is 28.3 Å². The van der Waals surface area contributed by atoms with Gasteiger partial charge in [-0.3, -0.25) is 4.79 Å². The molecule has 0 fully saturated rings. The molecule has 1 N–H and O–H groups in total. The van der Waals surface area contributed by atoms with Crippen molar-refractivity contribution in [2.75, 3.05) is 12.9 Å². The van der Waals surface area contributed by atoms with Crippen molar-refractivity contribution >= 4 is 28.7 Å². The fourth-order valence-corrected chi connectivity index (χ4v) is 4.61. The molecule has 9 heteroatoms. The summed E-state index contributed by atoms with van der Waals surface area (Å²) in [6.45, 7) is 2.49. The standard InChI is InChI=1S/C27H26F3N3O2S/c1-4-36-21-11-7-18(8-12-21)16-31-26(34)19-14-22-25(23(15-19)35-3)33(2)24(32-22)13-17-5-9-20(10-6-17)27(28,29)30/h5-12,14-15H,4,13,16H2,1-3H3,(H,31,34). The number of benzene rings is 3. The number of aryl methyl sites for hydroxylation is 1. The molecule has 0 aliphatic rings. The molecule has 188 valence electrons. The molecule has 1 aromatic heterocycles. The Morgan fingerprint density at radius 3 is 2.33 bits per heavy atom. The van der Waals surface area contributed by atoms with Crippen LogP contribution in [0.5, 0.6) is 5.75 Å². The number of fused-ring (bicyclic) bond motifs is 1. The molecule has 3 aromatic carbocycles. The zero-order valence-electron chi connectivity index (χ0n) is 20.1. The third-order valence-electron chi connectivity index (χ3n) is 5.84. The molecule has 4 rings (SSSR count). The monoisotopic (exact) mass is 513 g/mol. The van der Waals surface area contributed by atoms with Gasteiger partial charge < -0.3 is 14.6 Å². The number of hydrogen-bond acceptors (Lipinski definition) is 4. The van der Waals surface area contributed by atoms with Crippen LogP contribution < -0.4 is 10.1 Å². The van der Waals surface area contributed by atoms with E-state index in [0.717, 1.165) is 23.4 Å². The van der Waals surface area contributed by atoms with E-state index < -0.39 is 11.7 Å². The first-order valence-electron chi connectivity index (χ1n) is 11.4. The maximum atomic E-state index is 12.9. The van der Waals surface area contributed by atoms with Crippen molar-refractivity contribution in [1.29, 1.82) is 0 Å². The van der Waals surface area contributed by atoms with Crippen LogP contribution in [0.4, 0.5) is 13.2 Å². The highest BCUT2D eigenvalue weighted by Crippen LogP contribution is 2.31. The summed E-state index contributed by atoms with van der Waals surface area (Å²) < 4.78 is 46.0. The highest BCUT2D eigenvalue weighted by Gasteiger charge is 2.30. The number of alkyl halides is 3. The van der Waals surface area contributed by atoms with Gasteiger partial charge in [-0.25, -0.2) is 4.98 Å². The minimum Gasteiger partial charge on any atom is -0.494 e. The minimum absolute atomic E-state index is 0.253. The summed E-state index contributed by atoms with van der Waals surface area (Å²) in [6, 6.07) is 16.5. The SMILES string of the molecule is CCSc1ccc(CNC(=O)c2cc(OC)c3c(c2)nc(Cc2ccc(C(F)(F)F)cc2)n3C)cc1. The smallest absolute Gasteiger partial charge is 0.416 e. The molecule has 5 nitrogen and oxygen atoms in total. The predicted molar refractivity (Wildman–Crippen MR) is 136 cm³/mol. The van der Waals surface area contributed by atoms with Crippen molar-refractivity contribution in [2.45, 2.75) is 31.0 Å². The lowest BCUT2D eigenvalue weighted by Crippen LogP contribution is -2.22. The Morgan fingerprint density at radius 1 is 1.06 bits per heavy atom. The van der Waals surface area contributed by atoms with Gasteiger partial charge in [-0.05, 0) is 53.3 Å². The molecule has 1 heterocycles. The number of amides is 1. The molecule has 4 aromatic rings. The molecule has 0 spiro atoms. The van der Waals surface area contributed by atoms with E-state index in [0.29, 0.717) is 46.7 Å². The van der Waals surface area contributed by atoms with E-state index in [9.17, 15) is 18.0 Å². The lowest BCUT2D eigenvalue weighted by Gasteiger charge is -2.10. The fraction of sp³-hybridized carbons (Fsp3) is 0.259. The number of rotatable bonds is 8. The third-order valence-corrected chi connectivity index (χ3v) is 6.73. The number of ether oxygens (including phenoxy) is 1. The van der Waals surface area contributed by atoms with Crippen LogP contribution in [0.1, 0.15) is 39.8 Å². The molecule has 0 unspecified atom stereocenters. The van der Waals surface area contributed by atoms with E-state index >= 15 is 0 Å². The van der Waals surface area contributed by atoms with Crippen LogP contribution in [0, 0.1) is 0 Å².